The minimum absolute atomic E-state index is 0.0279. The van der Waals surface area contributed by atoms with Crippen LogP contribution in [0, 0.1) is 10.1 Å². The summed E-state index contributed by atoms with van der Waals surface area (Å²) in [5, 5.41) is 13.3. The number of nitrogens with one attached hydrogen (secondary N) is 1. The molecule has 0 fully saturated rings. The van der Waals surface area contributed by atoms with Gasteiger partial charge in [0.25, 0.3) is 5.69 Å². The smallest absolute Gasteiger partial charge is 0.323 e. The molecule has 0 aliphatic rings. The quantitative estimate of drug-likeness (QED) is 0.547. The summed E-state index contributed by atoms with van der Waals surface area (Å²) in [5.74, 6) is -0.412. The van der Waals surface area contributed by atoms with Gasteiger partial charge in [-0.05, 0) is 37.7 Å². The molecule has 0 saturated carbocycles. The molecule has 0 heterocycles. The molecule has 0 unspecified atom stereocenters. The molecule has 0 saturated heterocycles. The lowest BCUT2D eigenvalue weighted by Crippen LogP contribution is -2.39. The third-order valence-electron chi connectivity index (χ3n) is 4.18. The SMILES string of the molecule is C[C@@H](C(=O)Nc1ccc([N+](=O)[O-])cc1Cl)N(C)Cc1ccc(C(F)(F)F)cc1. The standard InChI is InChI=1S/C18H17ClF3N3O3/c1-11(17(26)23-16-8-7-14(25(27)28)9-15(16)19)24(2)10-12-3-5-13(6-4-12)18(20,21)22/h3-9,11H,10H2,1-2H3,(H,23,26)/t11-/m0/s1. The van der Waals surface area contributed by atoms with Crippen molar-refractivity contribution < 1.29 is 22.9 Å². The van der Waals surface area contributed by atoms with Crippen LogP contribution in [-0.2, 0) is 17.5 Å². The Hall–Kier alpha value is -2.65. The maximum Gasteiger partial charge on any atom is 0.416 e. The topological polar surface area (TPSA) is 75.5 Å². The number of carbonyl (C=O) groups excluding carboxylic acids is 1. The highest BCUT2D eigenvalue weighted by Crippen LogP contribution is 2.29. The fourth-order valence-corrected chi connectivity index (χ4v) is 2.60. The van der Waals surface area contributed by atoms with Crippen molar-refractivity contribution in [3.63, 3.8) is 0 Å². The zero-order chi connectivity index (χ0) is 21.1. The van der Waals surface area contributed by atoms with E-state index in [4.69, 9.17) is 11.6 Å². The van der Waals surface area contributed by atoms with Crippen LogP contribution in [0.3, 0.4) is 0 Å². The number of amides is 1. The number of nitro groups is 1. The average Bonchev–Trinajstić information content (AvgIpc) is 2.62. The van der Waals surface area contributed by atoms with Crippen LogP contribution in [0.4, 0.5) is 24.5 Å². The lowest BCUT2D eigenvalue weighted by Gasteiger charge is -2.24. The van der Waals surface area contributed by atoms with Gasteiger partial charge in [0.15, 0.2) is 0 Å². The van der Waals surface area contributed by atoms with E-state index >= 15 is 0 Å². The molecule has 2 rings (SSSR count). The summed E-state index contributed by atoms with van der Waals surface area (Å²) in [5.41, 5.74) is -0.0939. The second kappa shape index (κ2) is 8.57. The number of rotatable bonds is 6. The maximum atomic E-state index is 12.6. The molecular weight excluding hydrogens is 399 g/mol. The molecule has 0 bridgehead atoms. The fourth-order valence-electron chi connectivity index (χ4n) is 2.38. The molecule has 10 heteroatoms. The van der Waals surface area contributed by atoms with E-state index in [9.17, 15) is 28.1 Å². The van der Waals surface area contributed by atoms with Crippen molar-refractivity contribution in [1.82, 2.24) is 4.90 Å². The second-order valence-corrected chi connectivity index (χ2v) is 6.60. The van der Waals surface area contributed by atoms with Gasteiger partial charge in [-0.3, -0.25) is 19.8 Å². The molecule has 1 amide bonds. The first-order valence-corrected chi connectivity index (χ1v) is 8.48. The Labute approximate surface area is 164 Å². The van der Waals surface area contributed by atoms with Crippen molar-refractivity contribution in [2.45, 2.75) is 25.7 Å². The van der Waals surface area contributed by atoms with E-state index in [1.54, 1.807) is 18.9 Å². The van der Waals surface area contributed by atoms with Crippen molar-refractivity contribution in [3.8, 4) is 0 Å². The summed E-state index contributed by atoms with van der Waals surface area (Å²) < 4.78 is 37.8. The van der Waals surface area contributed by atoms with E-state index in [2.05, 4.69) is 5.32 Å². The normalized spacial score (nSPS) is 12.7. The highest BCUT2D eigenvalue weighted by molar-refractivity contribution is 6.34. The molecule has 6 nitrogen and oxygen atoms in total. The van der Waals surface area contributed by atoms with Crippen LogP contribution in [0.2, 0.25) is 5.02 Å². The minimum atomic E-state index is -4.40. The molecule has 0 spiro atoms. The molecule has 1 atom stereocenters. The van der Waals surface area contributed by atoms with Gasteiger partial charge in [0.1, 0.15) is 0 Å². The summed E-state index contributed by atoms with van der Waals surface area (Å²) in [4.78, 5) is 24.2. The van der Waals surface area contributed by atoms with Crippen LogP contribution in [0.1, 0.15) is 18.1 Å². The minimum Gasteiger partial charge on any atom is -0.323 e. The largest absolute Gasteiger partial charge is 0.416 e. The van der Waals surface area contributed by atoms with Gasteiger partial charge >= 0.3 is 6.18 Å². The van der Waals surface area contributed by atoms with Crippen molar-refractivity contribution in [2.75, 3.05) is 12.4 Å². The number of alkyl halides is 3. The molecule has 28 heavy (non-hydrogen) atoms. The number of benzene rings is 2. The number of halogens is 4. The Morgan fingerprint density at radius 3 is 2.36 bits per heavy atom. The van der Waals surface area contributed by atoms with Crippen LogP contribution in [0.5, 0.6) is 0 Å². The summed E-state index contributed by atoms with van der Waals surface area (Å²) in [6, 6.07) is 7.75. The van der Waals surface area contributed by atoms with Gasteiger partial charge in [-0.1, -0.05) is 23.7 Å². The maximum absolute atomic E-state index is 12.6. The number of nitrogens with zero attached hydrogens (tertiary/aromatic N) is 2. The van der Waals surface area contributed by atoms with Crippen LogP contribution in [-0.4, -0.2) is 28.8 Å². The number of hydrogen-bond acceptors (Lipinski definition) is 4. The predicted octanol–water partition coefficient (Wildman–Crippen LogP) is 4.73. The first-order chi connectivity index (χ1) is 13.0. The first kappa shape index (κ1) is 21.6. The fraction of sp³-hybridized carbons (Fsp3) is 0.278. The van der Waals surface area contributed by atoms with Gasteiger partial charge in [-0.25, -0.2) is 0 Å². The average molecular weight is 416 g/mol. The number of nitro benzene ring substituents is 1. The Bertz CT molecular complexity index is 873. The van der Waals surface area contributed by atoms with Crippen molar-refractivity contribution >= 4 is 28.9 Å². The van der Waals surface area contributed by atoms with E-state index in [0.29, 0.717) is 5.56 Å². The highest BCUT2D eigenvalue weighted by atomic mass is 35.5. The predicted molar refractivity (Wildman–Crippen MR) is 99.1 cm³/mol. The Morgan fingerprint density at radius 2 is 1.86 bits per heavy atom. The first-order valence-electron chi connectivity index (χ1n) is 8.10. The molecule has 0 aliphatic carbocycles. The van der Waals surface area contributed by atoms with E-state index in [0.717, 1.165) is 18.2 Å². The number of carbonyl (C=O) groups is 1. The van der Waals surface area contributed by atoms with Crippen molar-refractivity contribution in [1.29, 1.82) is 0 Å². The summed E-state index contributed by atoms with van der Waals surface area (Å²) in [7, 11) is 1.65. The molecule has 0 radical (unpaired) electrons. The van der Waals surface area contributed by atoms with Crippen LogP contribution in [0.25, 0.3) is 0 Å². The summed E-state index contributed by atoms with van der Waals surface area (Å²) in [6.45, 7) is 1.87. The number of non-ortho nitro benzene ring substituents is 1. The lowest BCUT2D eigenvalue weighted by atomic mass is 10.1. The Morgan fingerprint density at radius 1 is 1.25 bits per heavy atom. The van der Waals surface area contributed by atoms with Crippen molar-refractivity contribution in [2.24, 2.45) is 0 Å². The summed E-state index contributed by atoms with van der Waals surface area (Å²) >= 11 is 5.96. The van der Waals surface area contributed by atoms with Gasteiger partial charge in [-0.2, -0.15) is 13.2 Å². The number of hydrogen-bond donors (Lipinski definition) is 1. The Kier molecular flexibility index (Phi) is 6.63. The zero-order valence-electron chi connectivity index (χ0n) is 15.0. The number of anilines is 1. The van der Waals surface area contributed by atoms with E-state index in [1.807, 2.05) is 0 Å². The molecule has 2 aromatic carbocycles. The molecule has 1 N–H and O–H groups in total. The Balaban J connectivity index is 2.01. The van der Waals surface area contributed by atoms with E-state index in [1.165, 1.54) is 24.3 Å². The molecule has 0 aromatic heterocycles. The van der Waals surface area contributed by atoms with Gasteiger partial charge in [-0.15, -0.1) is 0 Å². The third-order valence-corrected chi connectivity index (χ3v) is 4.49. The van der Waals surface area contributed by atoms with Crippen LogP contribution in [0.15, 0.2) is 42.5 Å². The van der Waals surface area contributed by atoms with Gasteiger partial charge in [0.2, 0.25) is 5.91 Å². The monoisotopic (exact) mass is 415 g/mol. The molecular formula is C18H17ClF3N3O3. The van der Waals surface area contributed by atoms with Crippen molar-refractivity contribution in [3.05, 3.63) is 68.7 Å². The highest BCUT2D eigenvalue weighted by Gasteiger charge is 2.30. The molecule has 2 aromatic rings. The van der Waals surface area contributed by atoms with Crippen LogP contribution < -0.4 is 5.32 Å². The van der Waals surface area contributed by atoms with Gasteiger partial charge < -0.3 is 5.32 Å². The van der Waals surface area contributed by atoms with E-state index in [-0.39, 0.29) is 22.9 Å². The van der Waals surface area contributed by atoms with Crippen LogP contribution >= 0.6 is 11.6 Å². The summed E-state index contributed by atoms with van der Waals surface area (Å²) in [6.07, 6.45) is -4.40. The number of likely N-dealkylation sites (N-methyl/N-ethyl adjacent to an activating group) is 1. The molecule has 0 aliphatic heterocycles. The van der Waals surface area contributed by atoms with Gasteiger partial charge in [0, 0.05) is 18.7 Å². The van der Waals surface area contributed by atoms with Gasteiger partial charge in [0.05, 0.1) is 27.2 Å². The lowest BCUT2D eigenvalue weighted by molar-refractivity contribution is -0.384. The molecule has 150 valence electrons. The van der Waals surface area contributed by atoms with E-state index < -0.39 is 28.6 Å². The second-order valence-electron chi connectivity index (χ2n) is 6.20. The third kappa shape index (κ3) is 5.43. The zero-order valence-corrected chi connectivity index (χ0v) is 15.7.